The summed E-state index contributed by atoms with van der Waals surface area (Å²) in [5.41, 5.74) is 2.35. The second-order valence-corrected chi connectivity index (χ2v) is 6.26. The van der Waals surface area contributed by atoms with Gasteiger partial charge in [0, 0.05) is 13.1 Å². The summed E-state index contributed by atoms with van der Waals surface area (Å²) < 4.78 is 0. The molecule has 1 aromatic carbocycles. The molecule has 3 nitrogen and oxygen atoms in total. The molecule has 2 rings (SSSR count). The second-order valence-electron chi connectivity index (χ2n) is 6.26. The van der Waals surface area contributed by atoms with Crippen LogP contribution in [0.3, 0.4) is 0 Å². The van der Waals surface area contributed by atoms with Crippen LogP contribution in [0.15, 0.2) is 12.1 Å². The minimum Gasteiger partial charge on any atom is -0.504 e. The van der Waals surface area contributed by atoms with E-state index in [1.807, 2.05) is 0 Å². The van der Waals surface area contributed by atoms with Gasteiger partial charge in [0.25, 0.3) is 0 Å². The topological polar surface area (TPSA) is 43.7 Å². The van der Waals surface area contributed by atoms with E-state index in [9.17, 15) is 10.2 Å². The summed E-state index contributed by atoms with van der Waals surface area (Å²) in [7, 11) is 0. The quantitative estimate of drug-likeness (QED) is 0.557. The number of nitrogens with zero attached hydrogens (tertiary/aromatic N) is 1. The first kappa shape index (κ1) is 16.2. The molecule has 0 amide bonds. The van der Waals surface area contributed by atoms with Crippen LogP contribution in [0.5, 0.6) is 11.5 Å². The molecule has 0 saturated heterocycles. The Morgan fingerprint density at radius 1 is 0.905 bits per heavy atom. The molecule has 0 saturated carbocycles. The second kappa shape index (κ2) is 8.28. The molecule has 118 valence electrons. The Morgan fingerprint density at radius 3 is 2.24 bits per heavy atom. The minimum atomic E-state index is 0.00604. The van der Waals surface area contributed by atoms with Crippen LogP contribution < -0.4 is 0 Å². The SMILES string of the molecule is CCCCCCCCCN1CCc2cc(O)c(O)cc2C1. The van der Waals surface area contributed by atoms with Crippen LogP contribution >= 0.6 is 0 Å². The lowest BCUT2D eigenvalue weighted by molar-refractivity contribution is 0.247. The molecule has 0 fully saturated rings. The highest BCUT2D eigenvalue weighted by atomic mass is 16.3. The van der Waals surface area contributed by atoms with E-state index in [0.717, 1.165) is 26.1 Å². The summed E-state index contributed by atoms with van der Waals surface area (Å²) >= 11 is 0. The average molecular weight is 291 g/mol. The van der Waals surface area contributed by atoms with Gasteiger partial charge in [-0.1, -0.05) is 45.4 Å². The van der Waals surface area contributed by atoms with Gasteiger partial charge in [0.2, 0.25) is 0 Å². The van der Waals surface area contributed by atoms with Crippen LogP contribution in [0.25, 0.3) is 0 Å². The van der Waals surface area contributed by atoms with Crippen molar-refractivity contribution in [2.75, 3.05) is 13.1 Å². The fourth-order valence-electron chi connectivity index (χ4n) is 3.13. The molecule has 0 unspecified atom stereocenters. The zero-order chi connectivity index (χ0) is 15.1. The summed E-state index contributed by atoms with van der Waals surface area (Å²) in [5, 5.41) is 19.1. The first-order valence-corrected chi connectivity index (χ1v) is 8.46. The molecule has 0 radical (unpaired) electrons. The van der Waals surface area contributed by atoms with Gasteiger partial charge in [0.15, 0.2) is 11.5 Å². The van der Waals surface area contributed by atoms with Crippen LogP contribution in [0.1, 0.15) is 63.0 Å². The molecule has 0 aliphatic carbocycles. The fraction of sp³-hybridized carbons (Fsp3) is 0.667. The minimum absolute atomic E-state index is 0.00604. The van der Waals surface area contributed by atoms with Crippen molar-refractivity contribution in [3.05, 3.63) is 23.3 Å². The molecule has 1 aromatic rings. The van der Waals surface area contributed by atoms with Crippen molar-refractivity contribution in [2.24, 2.45) is 0 Å². The summed E-state index contributed by atoms with van der Waals surface area (Å²) in [6.07, 6.45) is 10.4. The maximum absolute atomic E-state index is 9.61. The number of benzene rings is 1. The number of hydrogen-bond acceptors (Lipinski definition) is 3. The molecule has 2 N–H and O–H groups in total. The number of aromatic hydroxyl groups is 2. The van der Waals surface area contributed by atoms with Gasteiger partial charge in [-0.3, -0.25) is 4.90 Å². The van der Waals surface area contributed by atoms with E-state index in [1.165, 1.54) is 56.1 Å². The highest BCUT2D eigenvalue weighted by molar-refractivity contribution is 5.46. The average Bonchev–Trinajstić information content (AvgIpc) is 2.48. The summed E-state index contributed by atoms with van der Waals surface area (Å²) in [5.74, 6) is 0.0146. The Kier molecular flexibility index (Phi) is 6.37. The Bertz CT molecular complexity index is 445. The molecule has 0 aromatic heterocycles. The Labute approximate surface area is 128 Å². The van der Waals surface area contributed by atoms with Crippen molar-refractivity contribution < 1.29 is 10.2 Å². The summed E-state index contributed by atoms with van der Waals surface area (Å²) in [6.45, 7) is 5.37. The molecule has 1 aliphatic heterocycles. The highest BCUT2D eigenvalue weighted by Crippen LogP contribution is 2.31. The first-order valence-electron chi connectivity index (χ1n) is 8.46. The lowest BCUT2D eigenvalue weighted by Gasteiger charge is -2.29. The number of phenolic OH excluding ortho intramolecular Hbond substituents is 2. The van der Waals surface area contributed by atoms with E-state index in [-0.39, 0.29) is 11.5 Å². The van der Waals surface area contributed by atoms with Gasteiger partial charge in [-0.05, 0) is 42.6 Å². The predicted molar refractivity (Wildman–Crippen MR) is 86.7 cm³/mol. The van der Waals surface area contributed by atoms with Crippen molar-refractivity contribution in [3.63, 3.8) is 0 Å². The smallest absolute Gasteiger partial charge is 0.157 e. The lowest BCUT2D eigenvalue weighted by Crippen LogP contribution is -2.31. The molecule has 1 aliphatic rings. The third-order valence-electron chi connectivity index (χ3n) is 4.47. The zero-order valence-corrected chi connectivity index (χ0v) is 13.3. The number of phenols is 2. The van der Waals surface area contributed by atoms with E-state index < -0.39 is 0 Å². The molecule has 3 heteroatoms. The summed E-state index contributed by atoms with van der Waals surface area (Å²) in [4.78, 5) is 2.46. The van der Waals surface area contributed by atoms with Gasteiger partial charge >= 0.3 is 0 Å². The predicted octanol–water partition coefficient (Wildman–Crippen LogP) is 4.21. The van der Waals surface area contributed by atoms with Gasteiger partial charge in [0.1, 0.15) is 0 Å². The van der Waals surface area contributed by atoms with Crippen molar-refractivity contribution in [1.29, 1.82) is 0 Å². The maximum atomic E-state index is 9.61. The Hall–Kier alpha value is -1.22. The molecule has 1 heterocycles. The molecule has 0 atom stereocenters. The number of rotatable bonds is 8. The van der Waals surface area contributed by atoms with E-state index in [1.54, 1.807) is 12.1 Å². The molecular weight excluding hydrogens is 262 g/mol. The number of hydrogen-bond donors (Lipinski definition) is 2. The van der Waals surface area contributed by atoms with E-state index in [4.69, 9.17) is 0 Å². The lowest BCUT2D eigenvalue weighted by atomic mass is 9.98. The van der Waals surface area contributed by atoms with Crippen LogP contribution in [-0.4, -0.2) is 28.2 Å². The molecule has 0 bridgehead atoms. The number of fused-ring (bicyclic) bond motifs is 1. The van der Waals surface area contributed by atoms with Crippen molar-refractivity contribution in [3.8, 4) is 11.5 Å². The van der Waals surface area contributed by atoms with E-state index >= 15 is 0 Å². The third-order valence-corrected chi connectivity index (χ3v) is 4.47. The Balaban J connectivity index is 1.69. The summed E-state index contributed by atoms with van der Waals surface area (Å²) in [6, 6.07) is 3.44. The van der Waals surface area contributed by atoms with E-state index in [0.29, 0.717) is 0 Å². The first-order chi connectivity index (χ1) is 10.2. The monoisotopic (exact) mass is 291 g/mol. The standard InChI is InChI=1S/C18H29NO2/c1-2-3-4-5-6-7-8-10-19-11-9-15-12-17(20)18(21)13-16(15)14-19/h12-13,20-21H,2-11,14H2,1H3. The van der Waals surface area contributed by atoms with Crippen molar-refractivity contribution in [1.82, 2.24) is 4.90 Å². The highest BCUT2D eigenvalue weighted by Gasteiger charge is 2.17. The zero-order valence-electron chi connectivity index (χ0n) is 13.3. The van der Waals surface area contributed by atoms with Gasteiger partial charge in [-0.2, -0.15) is 0 Å². The third kappa shape index (κ3) is 4.92. The number of unbranched alkanes of at least 4 members (excludes halogenated alkanes) is 6. The van der Waals surface area contributed by atoms with Gasteiger partial charge in [-0.25, -0.2) is 0 Å². The van der Waals surface area contributed by atoms with Gasteiger partial charge in [0.05, 0.1) is 0 Å². The van der Waals surface area contributed by atoms with Crippen LogP contribution in [0.4, 0.5) is 0 Å². The molecule has 0 spiro atoms. The maximum Gasteiger partial charge on any atom is 0.157 e. The largest absolute Gasteiger partial charge is 0.504 e. The van der Waals surface area contributed by atoms with Crippen LogP contribution in [-0.2, 0) is 13.0 Å². The fourth-order valence-corrected chi connectivity index (χ4v) is 3.13. The van der Waals surface area contributed by atoms with E-state index in [2.05, 4.69) is 11.8 Å². The van der Waals surface area contributed by atoms with Crippen molar-refractivity contribution >= 4 is 0 Å². The van der Waals surface area contributed by atoms with Crippen LogP contribution in [0.2, 0.25) is 0 Å². The van der Waals surface area contributed by atoms with Crippen molar-refractivity contribution in [2.45, 2.75) is 64.8 Å². The molecular formula is C18H29NO2. The Morgan fingerprint density at radius 2 is 1.52 bits per heavy atom. The molecule has 21 heavy (non-hydrogen) atoms. The van der Waals surface area contributed by atoms with Crippen LogP contribution in [0, 0.1) is 0 Å². The van der Waals surface area contributed by atoms with Gasteiger partial charge in [-0.15, -0.1) is 0 Å². The van der Waals surface area contributed by atoms with Gasteiger partial charge < -0.3 is 10.2 Å². The normalized spacial score (nSPS) is 15.1.